The van der Waals surface area contributed by atoms with Crippen molar-refractivity contribution in [2.45, 2.75) is 39.3 Å². The van der Waals surface area contributed by atoms with Crippen LogP contribution in [0, 0.1) is 19.7 Å². The number of amides is 1. The summed E-state index contributed by atoms with van der Waals surface area (Å²) in [6, 6.07) is 1.74. The Labute approximate surface area is 165 Å². The molecule has 1 fully saturated rings. The van der Waals surface area contributed by atoms with Gasteiger partial charge in [0.25, 0.3) is 5.91 Å². The van der Waals surface area contributed by atoms with Crippen LogP contribution in [0.1, 0.15) is 46.8 Å². The molecule has 8 heteroatoms. The summed E-state index contributed by atoms with van der Waals surface area (Å²) in [6.07, 6.45) is 3.83. The third kappa shape index (κ3) is 4.27. The monoisotopic (exact) mass is 386 g/mol. The number of aromatic nitrogens is 3. The van der Waals surface area contributed by atoms with Gasteiger partial charge in [0.05, 0.1) is 6.20 Å². The molecule has 2 atom stereocenters. The predicted octanol–water partition coefficient (Wildman–Crippen LogP) is 2.26. The maximum atomic E-state index is 13.4. The summed E-state index contributed by atoms with van der Waals surface area (Å²) < 4.78 is 13.4. The molecule has 1 aliphatic heterocycles. The Balaban J connectivity index is 1.73. The van der Waals surface area contributed by atoms with Crippen LogP contribution in [0.5, 0.6) is 0 Å². The van der Waals surface area contributed by atoms with E-state index in [1.54, 1.807) is 20.3 Å². The van der Waals surface area contributed by atoms with Crippen molar-refractivity contribution in [3.63, 3.8) is 0 Å². The number of pyridine rings is 1. The van der Waals surface area contributed by atoms with Gasteiger partial charge in [-0.25, -0.2) is 14.4 Å². The summed E-state index contributed by atoms with van der Waals surface area (Å²) >= 11 is 0. The number of hydrogen-bond donors (Lipinski definition) is 1. The number of nitrogens with one attached hydrogen (secondary N) is 1. The molecule has 1 saturated heterocycles. The van der Waals surface area contributed by atoms with Crippen LogP contribution in [-0.2, 0) is 0 Å². The number of aryl methyl sites for hydroxylation is 1. The first-order valence-electron chi connectivity index (χ1n) is 9.44. The second-order valence-electron chi connectivity index (χ2n) is 7.54. The van der Waals surface area contributed by atoms with Crippen LogP contribution >= 0.6 is 0 Å². The Morgan fingerprint density at radius 3 is 2.75 bits per heavy atom. The van der Waals surface area contributed by atoms with Gasteiger partial charge < -0.3 is 15.1 Å². The second-order valence-corrected chi connectivity index (χ2v) is 7.54. The molecule has 0 bridgehead atoms. The molecule has 1 N–H and O–H groups in total. The molecule has 1 aliphatic rings. The SMILES string of the molecule is Cc1nc(C(=O)N(C)C)nc(N2CC[C@@H](NC(C)c3cncc(F)c3)C2)c1C. The van der Waals surface area contributed by atoms with E-state index in [-0.39, 0.29) is 29.6 Å². The first kappa shape index (κ1) is 20.1. The lowest BCUT2D eigenvalue weighted by molar-refractivity contribution is 0.0815. The summed E-state index contributed by atoms with van der Waals surface area (Å²) in [6.45, 7) is 7.49. The zero-order valence-electron chi connectivity index (χ0n) is 17.0. The Kier molecular flexibility index (Phi) is 5.88. The number of anilines is 1. The topological polar surface area (TPSA) is 74.2 Å². The number of nitrogens with zero attached hydrogens (tertiary/aromatic N) is 5. The summed E-state index contributed by atoms with van der Waals surface area (Å²) in [4.78, 5) is 28.8. The molecule has 1 amide bonds. The van der Waals surface area contributed by atoms with E-state index in [0.29, 0.717) is 0 Å². The van der Waals surface area contributed by atoms with Crippen LogP contribution in [0.4, 0.5) is 10.2 Å². The summed E-state index contributed by atoms with van der Waals surface area (Å²) in [7, 11) is 3.39. The molecule has 7 nitrogen and oxygen atoms in total. The standard InChI is InChI=1S/C20H27FN6O/c1-12-13(2)24-18(20(28)26(4)5)25-19(12)27-7-6-17(11-27)23-14(3)15-8-16(21)10-22-9-15/h8-10,14,17,23H,6-7,11H2,1-5H3/t14?,17-/m1/s1. The van der Waals surface area contributed by atoms with Crippen molar-refractivity contribution in [1.29, 1.82) is 0 Å². The molecule has 0 radical (unpaired) electrons. The molecule has 150 valence electrons. The molecule has 3 rings (SSSR count). The van der Waals surface area contributed by atoms with Crippen LogP contribution in [0.15, 0.2) is 18.5 Å². The molecule has 3 heterocycles. The smallest absolute Gasteiger partial charge is 0.291 e. The molecule has 0 aromatic carbocycles. The maximum absolute atomic E-state index is 13.4. The highest BCUT2D eigenvalue weighted by Crippen LogP contribution is 2.25. The molecule has 28 heavy (non-hydrogen) atoms. The molecule has 0 saturated carbocycles. The van der Waals surface area contributed by atoms with Gasteiger partial charge in [0.2, 0.25) is 5.82 Å². The minimum atomic E-state index is -0.329. The first-order valence-corrected chi connectivity index (χ1v) is 9.44. The lowest BCUT2D eigenvalue weighted by atomic mass is 10.1. The fraction of sp³-hybridized carbons (Fsp3) is 0.500. The molecule has 2 aromatic heterocycles. The zero-order chi connectivity index (χ0) is 20.4. The molecule has 1 unspecified atom stereocenters. The largest absolute Gasteiger partial charge is 0.355 e. The van der Waals surface area contributed by atoms with Gasteiger partial charge in [-0.2, -0.15) is 0 Å². The summed E-state index contributed by atoms with van der Waals surface area (Å²) in [5.41, 5.74) is 2.62. The number of carbonyl (C=O) groups excluding carboxylic acids is 1. The third-order valence-electron chi connectivity index (χ3n) is 5.16. The molecule has 2 aromatic rings. The maximum Gasteiger partial charge on any atom is 0.291 e. The fourth-order valence-corrected chi connectivity index (χ4v) is 3.42. The van der Waals surface area contributed by atoms with Crippen LogP contribution in [0.2, 0.25) is 0 Å². The van der Waals surface area contributed by atoms with Gasteiger partial charge in [0.1, 0.15) is 11.6 Å². The van der Waals surface area contributed by atoms with Crippen molar-refractivity contribution in [1.82, 2.24) is 25.2 Å². The van der Waals surface area contributed by atoms with Gasteiger partial charge >= 0.3 is 0 Å². The van der Waals surface area contributed by atoms with Gasteiger partial charge in [-0.15, -0.1) is 0 Å². The fourth-order valence-electron chi connectivity index (χ4n) is 3.42. The van der Waals surface area contributed by atoms with Crippen molar-refractivity contribution in [3.8, 4) is 0 Å². The van der Waals surface area contributed by atoms with Gasteiger partial charge in [0.15, 0.2) is 0 Å². The Morgan fingerprint density at radius 2 is 2.07 bits per heavy atom. The van der Waals surface area contributed by atoms with E-state index in [0.717, 1.165) is 42.1 Å². The van der Waals surface area contributed by atoms with Gasteiger partial charge in [-0.05, 0) is 38.8 Å². The van der Waals surface area contributed by atoms with E-state index in [4.69, 9.17) is 0 Å². The highest BCUT2D eigenvalue weighted by molar-refractivity contribution is 5.90. The zero-order valence-corrected chi connectivity index (χ0v) is 17.0. The number of halogens is 1. The summed E-state index contributed by atoms with van der Waals surface area (Å²) in [5.74, 6) is 0.496. The third-order valence-corrected chi connectivity index (χ3v) is 5.16. The predicted molar refractivity (Wildman–Crippen MR) is 106 cm³/mol. The van der Waals surface area contributed by atoms with Crippen LogP contribution in [0.3, 0.4) is 0 Å². The van der Waals surface area contributed by atoms with Crippen molar-refractivity contribution in [3.05, 3.63) is 46.9 Å². The summed E-state index contributed by atoms with van der Waals surface area (Å²) in [5, 5.41) is 3.54. The van der Waals surface area contributed by atoms with E-state index in [9.17, 15) is 9.18 Å². The first-order chi connectivity index (χ1) is 13.3. The van der Waals surface area contributed by atoms with Crippen molar-refractivity contribution < 1.29 is 9.18 Å². The number of carbonyl (C=O) groups is 1. The minimum Gasteiger partial charge on any atom is -0.355 e. The lowest BCUT2D eigenvalue weighted by Crippen LogP contribution is -2.35. The van der Waals surface area contributed by atoms with Gasteiger partial charge in [-0.1, -0.05) is 0 Å². The van der Waals surface area contributed by atoms with Gasteiger partial charge in [0, 0.05) is 56.7 Å². The second kappa shape index (κ2) is 8.18. The minimum absolute atomic E-state index is 0.00716. The Hall–Kier alpha value is -2.61. The van der Waals surface area contributed by atoms with E-state index in [1.807, 2.05) is 20.8 Å². The van der Waals surface area contributed by atoms with Crippen LogP contribution < -0.4 is 10.2 Å². The van der Waals surface area contributed by atoms with E-state index < -0.39 is 0 Å². The average Bonchev–Trinajstić information content (AvgIpc) is 3.11. The van der Waals surface area contributed by atoms with Crippen LogP contribution in [-0.4, -0.2) is 59.0 Å². The van der Waals surface area contributed by atoms with Crippen molar-refractivity contribution in [2.75, 3.05) is 32.1 Å². The van der Waals surface area contributed by atoms with Crippen molar-refractivity contribution >= 4 is 11.7 Å². The molecular weight excluding hydrogens is 359 g/mol. The van der Waals surface area contributed by atoms with Gasteiger partial charge in [-0.3, -0.25) is 9.78 Å². The number of hydrogen-bond acceptors (Lipinski definition) is 6. The molecule has 0 aliphatic carbocycles. The Bertz CT molecular complexity index is 872. The Morgan fingerprint density at radius 1 is 1.32 bits per heavy atom. The highest BCUT2D eigenvalue weighted by atomic mass is 19.1. The molecule has 0 spiro atoms. The average molecular weight is 386 g/mol. The normalized spacial score (nSPS) is 17.6. The van der Waals surface area contributed by atoms with Crippen LogP contribution in [0.25, 0.3) is 0 Å². The lowest BCUT2D eigenvalue weighted by Gasteiger charge is -2.23. The van der Waals surface area contributed by atoms with E-state index in [1.165, 1.54) is 17.2 Å². The van der Waals surface area contributed by atoms with E-state index >= 15 is 0 Å². The number of rotatable bonds is 5. The highest BCUT2D eigenvalue weighted by Gasteiger charge is 2.28. The van der Waals surface area contributed by atoms with Crippen molar-refractivity contribution in [2.24, 2.45) is 0 Å². The molecular formula is C20H27FN6O. The quantitative estimate of drug-likeness (QED) is 0.850. The van der Waals surface area contributed by atoms with E-state index in [2.05, 4.69) is 25.2 Å².